The van der Waals surface area contributed by atoms with E-state index in [1.54, 1.807) is 24.3 Å². The molecule has 0 saturated heterocycles. The second kappa shape index (κ2) is 6.62. The minimum Gasteiger partial charge on any atom is -0.478 e. The Hall–Kier alpha value is -2.25. The fraction of sp³-hybridized carbons (Fsp3) is 0. The number of aromatic carboxylic acids is 1. The van der Waals surface area contributed by atoms with Gasteiger partial charge in [0.2, 0.25) is 0 Å². The van der Waals surface area contributed by atoms with E-state index in [-0.39, 0.29) is 10.5 Å². The van der Waals surface area contributed by atoms with Crippen LogP contribution in [-0.4, -0.2) is 29.0 Å². The number of aromatic nitrogens is 1. The van der Waals surface area contributed by atoms with Gasteiger partial charge in [-0.1, -0.05) is 18.2 Å². The number of rotatable bonds is 2. The lowest BCUT2D eigenvalue weighted by molar-refractivity contribution is 0.0696. The minimum absolute atomic E-state index is 0.0741. The van der Waals surface area contributed by atoms with Crippen LogP contribution in [0, 0.1) is 0 Å². The Balaban J connectivity index is 0.000000191. The molecular formula is C12H11NO5S. The van der Waals surface area contributed by atoms with Gasteiger partial charge in [0.15, 0.2) is 0 Å². The highest BCUT2D eigenvalue weighted by Crippen LogP contribution is 2.05. The SMILES string of the molecule is O=C(O)c1cccnc1.O=S(=O)(O)c1ccccc1. The first-order chi connectivity index (χ1) is 8.91. The zero-order chi connectivity index (χ0) is 14.3. The zero-order valence-corrected chi connectivity index (χ0v) is 10.5. The molecular weight excluding hydrogens is 270 g/mol. The van der Waals surface area contributed by atoms with Crippen LogP contribution in [0.3, 0.4) is 0 Å². The average Bonchev–Trinajstić information content (AvgIpc) is 2.40. The van der Waals surface area contributed by atoms with E-state index in [4.69, 9.17) is 9.66 Å². The van der Waals surface area contributed by atoms with Crippen molar-refractivity contribution in [2.45, 2.75) is 4.90 Å². The number of carbonyl (C=O) groups is 1. The second-order valence-electron chi connectivity index (χ2n) is 3.33. The molecule has 1 aromatic carbocycles. The van der Waals surface area contributed by atoms with E-state index in [2.05, 4.69) is 4.98 Å². The summed E-state index contributed by atoms with van der Waals surface area (Å²) in [5, 5.41) is 8.34. The van der Waals surface area contributed by atoms with Gasteiger partial charge in [-0.25, -0.2) is 4.79 Å². The molecule has 0 fully saturated rings. The largest absolute Gasteiger partial charge is 0.478 e. The van der Waals surface area contributed by atoms with Gasteiger partial charge < -0.3 is 5.11 Å². The Bertz CT molecular complexity index is 626. The van der Waals surface area contributed by atoms with E-state index in [0.717, 1.165) is 0 Å². The summed E-state index contributed by atoms with van der Waals surface area (Å²) < 4.78 is 29.2. The molecule has 0 unspecified atom stereocenters. The maximum absolute atomic E-state index is 10.4. The van der Waals surface area contributed by atoms with Gasteiger partial charge in [-0.2, -0.15) is 8.42 Å². The number of benzene rings is 1. The maximum Gasteiger partial charge on any atom is 0.337 e. The van der Waals surface area contributed by atoms with Gasteiger partial charge in [-0.3, -0.25) is 9.54 Å². The topological polar surface area (TPSA) is 105 Å². The van der Waals surface area contributed by atoms with Crippen LogP contribution in [0.2, 0.25) is 0 Å². The third-order valence-electron chi connectivity index (χ3n) is 1.95. The van der Waals surface area contributed by atoms with Gasteiger partial charge in [0.1, 0.15) is 0 Å². The van der Waals surface area contributed by atoms with Gasteiger partial charge in [-0.05, 0) is 24.3 Å². The second-order valence-corrected chi connectivity index (χ2v) is 4.76. The first kappa shape index (κ1) is 14.8. The molecule has 100 valence electrons. The molecule has 1 heterocycles. The van der Waals surface area contributed by atoms with Crippen molar-refractivity contribution in [3.8, 4) is 0 Å². The summed E-state index contributed by atoms with van der Waals surface area (Å²) in [6.07, 6.45) is 2.84. The molecule has 0 aliphatic rings. The predicted molar refractivity (Wildman–Crippen MR) is 67.5 cm³/mol. The highest BCUT2D eigenvalue weighted by Gasteiger charge is 2.05. The molecule has 2 rings (SSSR count). The number of nitrogens with zero attached hydrogens (tertiary/aromatic N) is 1. The van der Waals surface area contributed by atoms with Crippen LogP contribution in [0.4, 0.5) is 0 Å². The first-order valence-corrected chi connectivity index (χ1v) is 6.51. The molecule has 0 aliphatic heterocycles. The summed E-state index contributed by atoms with van der Waals surface area (Å²) in [7, 11) is -4.00. The van der Waals surface area contributed by atoms with Crippen LogP contribution in [0.25, 0.3) is 0 Å². The summed E-state index contributed by atoms with van der Waals surface area (Å²) in [6.45, 7) is 0. The molecule has 0 aliphatic carbocycles. The third-order valence-corrected chi connectivity index (χ3v) is 2.82. The molecule has 7 heteroatoms. The molecule has 6 nitrogen and oxygen atoms in total. The smallest absolute Gasteiger partial charge is 0.337 e. The number of carboxylic acid groups (broad SMARTS) is 1. The molecule has 0 radical (unpaired) electrons. The standard InChI is InChI=1S/C6H5NO2.C6H6O3S/c8-6(9)5-2-1-3-7-4-5;7-10(8,9)6-4-2-1-3-5-6/h1-4H,(H,8,9);1-5H,(H,7,8,9). The maximum atomic E-state index is 10.4. The molecule has 2 N–H and O–H groups in total. The lowest BCUT2D eigenvalue weighted by Gasteiger charge is -1.92. The Labute approximate surface area is 110 Å². The highest BCUT2D eigenvalue weighted by atomic mass is 32.2. The summed E-state index contributed by atoms with van der Waals surface area (Å²) in [6, 6.07) is 10.5. The van der Waals surface area contributed by atoms with Crippen molar-refractivity contribution in [1.29, 1.82) is 0 Å². The minimum atomic E-state index is -4.00. The molecule has 0 atom stereocenters. The number of hydrogen-bond acceptors (Lipinski definition) is 4. The van der Waals surface area contributed by atoms with Crippen LogP contribution >= 0.6 is 0 Å². The summed E-state index contributed by atoms with van der Waals surface area (Å²) >= 11 is 0. The summed E-state index contributed by atoms with van der Waals surface area (Å²) in [5.41, 5.74) is 0.220. The van der Waals surface area contributed by atoms with Crippen LogP contribution in [-0.2, 0) is 10.1 Å². The Morgan fingerprint density at radius 2 is 1.68 bits per heavy atom. The number of hydrogen-bond donors (Lipinski definition) is 2. The lowest BCUT2D eigenvalue weighted by Crippen LogP contribution is -1.96. The van der Waals surface area contributed by atoms with Gasteiger partial charge in [0.25, 0.3) is 10.1 Å². The Morgan fingerprint density at radius 1 is 1.05 bits per heavy atom. The number of carboxylic acids is 1. The van der Waals surface area contributed by atoms with Gasteiger partial charge in [-0.15, -0.1) is 0 Å². The van der Waals surface area contributed by atoms with Crippen LogP contribution in [0.15, 0.2) is 59.8 Å². The van der Waals surface area contributed by atoms with Crippen molar-refractivity contribution in [2.24, 2.45) is 0 Å². The summed E-state index contributed by atoms with van der Waals surface area (Å²) in [5.74, 6) is -0.942. The molecule has 0 amide bonds. The van der Waals surface area contributed by atoms with E-state index >= 15 is 0 Å². The van der Waals surface area contributed by atoms with Crippen molar-refractivity contribution in [3.63, 3.8) is 0 Å². The van der Waals surface area contributed by atoms with Crippen molar-refractivity contribution in [2.75, 3.05) is 0 Å². The van der Waals surface area contributed by atoms with Gasteiger partial charge >= 0.3 is 5.97 Å². The monoisotopic (exact) mass is 281 g/mol. The van der Waals surface area contributed by atoms with Gasteiger partial charge in [0.05, 0.1) is 10.5 Å². The molecule has 0 bridgehead atoms. The zero-order valence-electron chi connectivity index (χ0n) is 9.67. The van der Waals surface area contributed by atoms with E-state index in [1.807, 2.05) is 0 Å². The van der Waals surface area contributed by atoms with E-state index in [1.165, 1.54) is 30.6 Å². The molecule has 0 saturated carbocycles. The highest BCUT2D eigenvalue weighted by molar-refractivity contribution is 7.85. The van der Waals surface area contributed by atoms with E-state index in [0.29, 0.717) is 0 Å². The van der Waals surface area contributed by atoms with Crippen molar-refractivity contribution < 1.29 is 22.9 Å². The van der Waals surface area contributed by atoms with Crippen molar-refractivity contribution in [3.05, 3.63) is 60.4 Å². The fourth-order valence-corrected chi connectivity index (χ4v) is 1.58. The predicted octanol–water partition coefficient (Wildman–Crippen LogP) is 1.71. The molecule has 19 heavy (non-hydrogen) atoms. The van der Waals surface area contributed by atoms with Crippen LogP contribution < -0.4 is 0 Å². The molecule has 1 aromatic heterocycles. The first-order valence-electron chi connectivity index (χ1n) is 5.07. The van der Waals surface area contributed by atoms with Crippen molar-refractivity contribution in [1.82, 2.24) is 4.98 Å². The molecule has 2 aromatic rings. The fourth-order valence-electron chi connectivity index (χ4n) is 1.08. The quantitative estimate of drug-likeness (QED) is 0.812. The average molecular weight is 281 g/mol. The van der Waals surface area contributed by atoms with Gasteiger partial charge in [0, 0.05) is 12.4 Å². The van der Waals surface area contributed by atoms with E-state index in [9.17, 15) is 13.2 Å². The normalized spacial score (nSPS) is 10.2. The Kier molecular flexibility index (Phi) is 5.16. The lowest BCUT2D eigenvalue weighted by atomic mass is 10.3. The van der Waals surface area contributed by atoms with Crippen LogP contribution in [0.1, 0.15) is 10.4 Å². The summed E-state index contributed by atoms with van der Waals surface area (Å²) in [4.78, 5) is 13.7. The number of pyridine rings is 1. The van der Waals surface area contributed by atoms with Crippen molar-refractivity contribution >= 4 is 16.1 Å². The molecule has 0 spiro atoms. The van der Waals surface area contributed by atoms with Crippen LogP contribution in [0.5, 0.6) is 0 Å². The third kappa shape index (κ3) is 5.28. The van der Waals surface area contributed by atoms with E-state index < -0.39 is 16.1 Å². The Morgan fingerprint density at radius 3 is 2.00 bits per heavy atom.